The smallest absolute Gasteiger partial charge is 0.0965 e. The third-order valence-corrected chi connectivity index (χ3v) is 5.74. The minimum Gasteiger partial charge on any atom is -0.314 e. The number of piperidine rings is 1. The van der Waals surface area contributed by atoms with Gasteiger partial charge in [0.2, 0.25) is 0 Å². The standard InChI is InChI=1S/C15H25N3S/c1-3-16-12-8-13-4-5-14(9-12)18(13)10-11(2)15-17-6-7-19-15/h6-7,11-14,16H,3-5,8-10H2,1-2H3. The molecule has 1 N–H and O–H groups in total. The highest BCUT2D eigenvalue weighted by Crippen LogP contribution is 2.37. The lowest BCUT2D eigenvalue weighted by Crippen LogP contribution is -2.50. The molecule has 2 aliphatic heterocycles. The molecule has 19 heavy (non-hydrogen) atoms. The van der Waals surface area contributed by atoms with E-state index in [9.17, 15) is 0 Å². The van der Waals surface area contributed by atoms with Gasteiger partial charge in [-0.3, -0.25) is 4.90 Å². The summed E-state index contributed by atoms with van der Waals surface area (Å²) in [6, 6.07) is 2.38. The summed E-state index contributed by atoms with van der Waals surface area (Å²) >= 11 is 1.80. The second kappa shape index (κ2) is 5.90. The average molecular weight is 279 g/mol. The van der Waals surface area contributed by atoms with Crippen molar-refractivity contribution in [1.82, 2.24) is 15.2 Å². The molecule has 2 bridgehead atoms. The lowest BCUT2D eigenvalue weighted by atomic mass is 9.96. The van der Waals surface area contributed by atoms with Gasteiger partial charge in [-0.1, -0.05) is 13.8 Å². The summed E-state index contributed by atoms with van der Waals surface area (Å²) in [4.78, 5) is 7.25. The molecule has 3 unspecified atom stereocenters. The zero-order chi connectivity index (χ0) is 13.2. The molecule has 4 heteroatoms. The summed E-state index contributed by atoms with van der Waals surface area (Å²) in [6.45, 7) is 6.86. The number of aromatic nitrogens is 1. The fourth-order valence-corrected chi connectivity index (χ4v) is 4.59. The van der Waals surface area contributed by atoms with Crippen LogP contribution in [0.5, 0.6) is 0 Å². The highest BCUT2D eigenvalue weighted by Gasteiger charge is 2.40. The number of nitrogens with one attached hydrogen (secondary N) is 1. The van der Waals surface area contributed by atoms with Crippen molar-refractivity contribution >= 4 is 11.3 Å². The Morgan fingerprint density at radius 3 is 2.74 bits per heavy atom. The van der Waals surface area contributed by atoms with Crippen LogP contribution in [0.3, 0.4) is 0 Å². The Labute approximate surface area is 120 Å². The van der Waals surface area contributed by atoms with Crippen LogP contribution in [0, 0.1) is 0 Å². The lowest BCUT2D eigenvalue weighted by Gasteiger charge is -2.40. The van der Waals surface area contributed by atoms with Gasteiger partial charge in [0, 0.05) is 42.2 Å². The third-order valence-electron chi connectivity index (χ3n) is 4.73. The number of hydrogen-bond acceptors (Lipinski definition) is 4. The summed E-state index contributed by atoms with van der Waals surface area (Å²) < 4.78 is 0. The van der Waals surface area contributed by atoms with Crippen molar-refractivity contribution in [3.63, 3.8) is 0 Å². The van der Waals surface area contributed by atoms with Crippen LogP contribution in [-0.2, 0) is 0 Å². The molecule has 106 valence electrons. The zero-order valence-corrected chi connectivity index (χ0v) is 12.8. The highest BCUT2D eigenvalue weighted by molar-refractivity contribution is 7.09. The lowest BCUT2D eigenvalue weighted by molar-refractivity contribution is 0.111. The largest absolute Gasteiger partial charge is 0.314 e. The third kappa shape index (κ3) is 2.86. The number of hydrogen-bond donors (Lipinski definition) is 1. The van der Waals surface area contributed by atoms with Crippen LogP contribution < -0.4 is 5.32 Å². The monoisotopic (exact) mass is 279 g/mol. The van der Waals surface area contributed by atoms with E-state index in [1.54, 1.807) is 11.3 Å². The molecular formula is C15H25N3S. The maximum absolute atomic E-state index is 4.48. The van der Waals surface area contributed by atoms with Gasteiger partial charge in [0.25, 0.3) is 0 Å². The molecular weight excluding hydrogens is 254 g/mol. The molecule has 1 aromatic rings. The summed E-state index contributed by atoms with van der Waals surface area (Å²) in [5.41, 5.74) is 0. The van der Waals surface area contributed by atoms with E-state index in [2.05, 4.69) is 34.4 Å². The van der Waals surface area contributed by atoms with Crippen molar-refractivity contribution in [3.05, 3.63) is 16.6 Å². The topological polar surface area (TPSA) is 28.2 Å². The Kier molecular flexibility index (Phi) is 4.20. The van der Waals surface area contributed by atoms with Crippen LogP contribution in [0.15, 0.2) is 11.6 Å². The number of thiazole rings is 1. The first-order valence-electron chi connectivity index (χ1n) is 7.66. The van der Waals surface area contributed by atoms with E-state index in [-0.39, 0.29) is 0 Å². The van der Waals surface area contributed by atoms with Crippen LogP contribution in [0.1, 0.15) is 50.5 Å². The van der Waals surface area contributed by atoms with E-state index in [0.29, 0.717) is 5.92 Å². The van der Waals surface area contributed by atoms with Gasteiger partial charge in [-0.2, -0.15) is 0 Å². The zero-order valence-electron chi connectivity index (χ0n) is 12.0. The molecule has 0 aliphatic carbocycles. The van der Waals surface area contributed by atoms with Crippen LogP contribution in [0.2, 0.25) is 0 Å². The minimum atomic E-state index is 0.582. The van der Waals surface area contributed by atoms with Crippen molar-refractivity contribution in [2.75, 3.05) is 13.1 Å². The maximum Gasteiger partial charge on any atom is 0.0965 e. The second-order valence-electron chi connectivity index (χ2n) is 6.08. The van der Waals surface area contributed by atoms with Gasteiger partial charge in [0.05, 0.1) is 5.01 Å². The Bertz CT molecular complexity index is 378. The molecule has 3 rings (SSSR count). The molecule has 0 spiro atoms. The van der Waals surface area contributed by atoms with E-state index in [1.807, 2.05) is 6.20 Å². The molecule has 3 atom stereocenters. The van der Waals surface area contributed by atoms with Crippen molar-refractivity contribution in [3.8, 4) is 0 Å². The van der Waals surface area contributed by atoms with Crippen molar-refractivity contribution < 1.29 is 0 Å². The Morgan fingerprint density at radius 1 is 1.42 bits per heavy atom. The van der Waals surface area contributed by atoms with Gasteiger partial charge in [-0.05, 0) is 32.2 Å². The average Bonchev–Trinajstić information content (AvgIpc) is 2.99. The van der Waals surface area contributed by atoms with Crippen LogP contribution in [0.25, 0.3) is 0 Å². The Balaban J connectivity index is 1.61. The Hall–Kier alpha value is -0.450. The summed E-state index contributed by atoms with van der Waals surface area (Å²) in [5, 5.41) is 7.04. The van der Waals surface area contributed by atoms with E-state index < -0.39 is 0 Å². The minimum absolute atomic E-state index is 0.582. The van der Waals surface area contributed by atoms with Crippen molar-refractivity contribution in [2.24, 2.45) is 0 Å². The molecule has 3 nitrogen and oxygen atoms in total. The predicted octanol–water partition coefficient (Wildman–Crippen LogP) is 2.85. The molecule has 0 aromatic carbocycles. The van der Waals surface area contributed by atoms with Gasteiger partial charge >= 0.3 is 0 Å². The molecule has 1 aromatic heterocycles. The quantitative estimate of drug-likeness (QED) is 0.898. The second-order valence-corrected chi connectivity index (χ2v) is 7.01. The SMILES string of the molecule is CCNC1CC2CCC(C1)N2CC(C)c1nccs1. The predicted molar refractivity (Wildman–Crippen MR) is 80.7 cm³/mol. The molecule has 3 heterocycles. The van der Waals surface area contributed by atoms with Gasteiger partial charge in [0.15, 0.2) is 0 Å². The number of nitrogens with zero attached hydrogens (tertiary/aromatic N) is 2. The number of fused-ring (bicyclic) bond motifs is 2. The van der Waals surface area contributed by atoms with Crippen LogP contribution >= 0.6 is 11.3 Å². The molecule has 2 aliphatic rings. The number of rotatable bonds is 5. The summed E-state index contributed by atoms with van der Waals surface area (Å²) in [5.74, 6) is 0.582. The molecule has 0 radical (unpaired) electrons. The van der Waals surface area contributed by atoms with Gasteiger partial charge in [-0.25, -0.2) is 4.98 Å². The highest BCUT2D eigenvalue weighted by atomic mass is 32.1. The van der Waals surface area contributed by atoms with Gasteiger partial charge in [0.1, 0.15) is 0 Å². The van der Waals surface area contributed by atoms with E-state index in [0.717, 1.165) is 24.7 Å². The van der Waals surface area contributed by atoms with Gasteiger partial charge in [-0.15, -0.1) is 11.3 Å². The fraction of sp³-hybridized carbons (Fsp3) is 0.800. The molecule has 0 saturated carbocycles. The van der Waals surface area contributed by atoms with E-state index >= 15 is 0 Å². The van der Waals surface area contributed by atoms with Crippen molar-refractivity contribution in [1.29, 1.82) is 0 Å². The fourth-order valence-electron chi connectivity index (χ4n) is 3.90. The first kappa shape index (κ1) is 13.5. The molecule has 2 saturated heterocycles. The molecule has 2 fully saturated rings. The van der Waals surface area contributed by atoms with E-state index in [4.69, 9.17) is 0 Å². The first-order valence-corrected chi connectivity index (χ1v) is 8.54. The normalized spacial score (nSPS) is 32.6. The summed E-state index contributed by atoms with van der Waals surface area (Å²) in [6.07, 6.45) is 7.42. The van der Waals surface area contributed by atoms with Crippen LogP contribution in [-0.4, -0.2) is 41.1 Å². The van der Waals surface area contributed by atoms with Crippen molar-refractivity contribution in [2.45, 2.75) is 63.6 Å². The molecule has 0 amide bonds. The Morgan fingerprint density at radius 2 is 2.16 bits per heavy atom. The first-order chi connectivity index (χ1) is 9.28. The van der Waals surface area contributed by atoms with E-state index in [1.165, 1.54) is 37.2 Å². The maximum atomic E-state index is 4.48. The van der Waals surface area contributed by atoms with Gasteiger partial charge < -0.3 is 5.32 Å². The summed E-state index contributed by atoms with van der Waals surface area (Å²) in [7, 11) is 0. The van der Waals surface area contributed by atoms with Crippen LogP contribution in [0.4, 0.5) is 0 Å².